The van der Waals surface area contributed by atoms with Crippen molar-refractivity contribution in [3.05, 3.63) is 41.9 Å². The highest BCUT2D eigenvalue weighted by Crippen LogP contribution is 2.06. The van der Waals surface area contributed by atoms with Crippen LogP contribution >= 0.6 is 0 Å². The maximum Gasteiger partial charge on any atom is 0.251 e. The lowest BCUT2D eigenvalue weighted by Gasteiger charge is -2.02. The van der Waals surface area contributed by atoms with E-state index in [1.165, 1.54) is 10.9 Å². The van der Waals surface area contributed by atoms with E-state index in [1.54, 1.807) is 12.4 Å². The minimum absolute atomic E-state index is 0.367. The maximum absolute atomic E-state index is 10.9. The summed E-state index contributed by atoms with van der Waals surface area (Å²) in [7, 11) is 1.88. The summed E-state index contributed by atoms with van der Waals surface area (Å²) in [5.74, 6) is 0.153. The Labute approximate surface area is 98.5 Å². The van der Waals surface area contributed by atoms with Crippen molar-refractivity contribution in [2.24, 2.45) is 5.73 Å². The van der Waals surface area contributed by atoms with E-state index in [-0.39, 0.29) is 0 Å². The van der Waals surface area contributed by atoms with Gasteiger partial charge in [-0.3, -0.25) is 4.79 Å². The number of hydrogen-bond acceptors (Lipinski definition) is 4. The lowest BCUT2D eigenvalue weighted by Crippen LogP contribution is -2.09. The van der Waals surface area contributed by atoms with Gasteiger partial charge in [0.05, 0.1) is 11.8 Å². The van der Waals surface area contributed by atoms with Gasteiger partial charge < -0.3 is 11.1 Å². The van der Waals surface area contributed by atoms with Crippen LogP contribution in [0.3, 0.4) is 0 Å². The van der Waals surface area contributed by atoms with E-state index < -0.39 is 5.91 Å². The predicted molar refractivity (Wildman–Crippen MR) is 62.6 cm³/mol. The van der Waals surface area contributed by atoms with Crippen molar-refractivity contribution in [1.82, 2.24) is 20.1 Å². The molecule has 6 nitrogen and oxygen atoms in total. The van der Waals surface area contributed by atoms with Crippen LogP contribution in [0.25, 0.3) is 5.82 Å². The molecule has 2 aromatic rings. The molecule has 0 saturated heterocycles. The molecule has 0 aromatic carbocycles. The molecule has 0 aliphatic rings. The van der Waals surface area contributed by atoms with Crippen molar-refractivity contribution in [1.29, 1.82) is 0 Å². The normalized spacial score (nSPS) is 10.4. The fourth-order valence-electron chi connectivity index (χ4n) is 1.44. The van der Waals surface area contributed by atoms with Crippen LogP contribution in [0.4, 0.5) is 0 Å². The van der Waals surface area contributed by atoms with Crippen LogP contribution < -0.4 is 11.1 Å². The summed E-state index contributed by atoms with van der Waals surface area (Å²) in [5, 5.41) is 7.06. The summed E-state index contributed by atoms with van der Waals surface area (Å²) in [6.07, 6.45) is 4.74. The average molecular weight is 231 g/mol. The standard InChI is InChI=1S/C11H13N5O/c1-13-4-8-2-3-10(14-5-8)16-7-9(6-15-16)11(12)17/h2-3,5-7,13H,4H2,1H3,(H2,12,17). The first-order valence-corrected chi connectivity index (χ1v) is 5.15. The number of hydrogen-bond donors (Lipinski definition) is 2. The van der Waals surface area contributed by atoms with Crippen molar-refractivity contribution in [2.75, 3.05) is 7.05 Å². The average Bonchev–Trinajstić information content (AvgIpc) is 2.80. The third-order valence-electron chi connectivity index (χ3n) is 2.29. The lowest BCUT2D eigenvalue weighted by molar-refractivity contribution is 0.100. The maximum atomic E-state index is 10.9. The summed E-state index contributed by atoms with van der Waals surface area (Å²) >= 11 is 0. The van der Waals surface area contributed by atoms with Crippen molar-refractivity contribution >= 4 is 5.91 Å². The number of nitrogens with two attached hydrogens (primary N) is 1. The molecule has 0 radical (unpaired) electrons. The third kappa shape index (κ3) is 2.48. The highest BCUT2D eigenvalue weighted by Gasteiger charge is 2.05. The molecule has 88 valence electrons. The second kappa shape index (κ2) is 4.75. The second-order valence-electron chi connectivity index (χ2n) is 3.59. The van der Waals surface area contributed by atoms with Gasteiger partial charge in [-0.05, 0) is 18.7 Å². The lowest BCUT2D eigenvalue weighted by atomic mass is 10.3. The Morgan fingerprint density at radius 2 is 2.29 bits per heavy atom. The number of nitrogens with zero attached hydrogens (tertiary/aromatic N) is 3. The second-order valence-corrected chi connectivity index (χ2v) is 3.59. The van der Waals surface area contributed by atoms with Gasteiger partial charge >= 0.3 is 0 Å². The molecular weight excluding hydrogens is 218 g/mol. The van der Waals surface area contributed by atoms with Gasteiger partial charge in [0.15, 0.2) is 5.82 Å². The molecule has 17 heavy (non-hydrogen) atoms. The van der Waals surface area contributed by atoms with Crippen LogP contribution in [0.5, 0.6) is 0 Å². The SMILES string of the molecule is CNCc1ccc(-n2cc(C(N)=O)cn2)nc1. The van der Waals surface area contributed by atoms with Crippen LogP contribution in [0.2, 0.25) is 0 Å². The molecule has 0 unspecified atom stereocenters. The number of rotatable bonds is 4. The number of amides is 1. The van der Waals surface area contributed by atoms with Crippen LogP contribution in [0.1, 0.15) is 15.9 Å². The zero-order chi connectivity index (χ0) is 12.3. The monoisotopic (exact) mass is 231 g/mol. The number of pyridine rings is 1. The zero-order valence-corrected chi connectivity index (χ0v) is 9.42. The Morgan fingerprint density at radius 1 is 1.47 bits per heavy atom. The molecule has 0 spiro atoms. The van der Waals surface area contributed by atoms with E-state index in [2.05, 4.69) is 15.4 Å². The van der Waals surface area contributed by atoms with E-state index >= 15 is 0 Å². The van der Waals surface area contributed by atoms with Gasteiger partial charge in [-0.25, -0.2) is 9.67 Å². The quantitative estimate of drug-likeness (QED) is 0.780. The van der Waals surface area contributed by atoms with Gasteiger partial charge in [0, 0.05) is 18.9 Å². The molecule has 0 atom stereocenters. The molecule has 0 bridgehead atoms. The molecule has 0 aliphatic carbocycles. The molecule has 2 aromatic heterocycles. The summed E-state index contributed by atoms with van der Waals surface area (Å²) in [6.45, 7) is 0.763. The predicted octanol–water partition coefficient (Wildman–Crippen LogP) is 0.0856. The molecule has 3 N–H and O–H groups in total. The van der Waals surface area contributed by atoms with Gasteiger partial charge in [0.25, 0.3) is 5.91 Å². The van der Waals surface area contributed by atoms with Crippen molar-refractivity contribution in [3.63, 3.8) is 0 Å². The van der Waals surface area contributed by atoms with Crippen LogP contribution in [0.15, 0.2) is 30.7 Å². The largest absolute Gasteiger partial charge is 0.366 e. The van der Waals surface area contributed by atoms with E-state index in [0.717, 1.165) is 12.1 Å². The first-order valence-electron chi connectivity index (χ1n) is 5.15. The number of aromatic nitrogens is 3. The van der Waals surface area contributed by atoms with Crippen molar-refractivity contribution in [2.45, 2.75) is 6.54 Å². The van der Waals surface area contributed by atoms with Gasteiger partial charge in [-0.15, -0.1) is 0 Å². The minimum atomic E-state index is -0.497. The number of carbonyl (C=O) groups excluding carboxylic acids is 1. The van der Waals surface area contributed by atoms with Crippen LogP contribution in [-0.2, 0) is 6.54 Å². The van der Waals surface area contributed by atoms with Crippen LogP contribution in [-0.4, -0.2) is 27.7 Å². The topological polar surface area (TPSA) is 85.8 Å². The molecule has 2 rings (SSSR count). The highest BCUT2D eigenvalue weighted by molar-refractivity contribution is 5.92. The minimum Gasteiger partial charge on any atom is -0.366 e. The summed E-state index contributed by atoms with van der Waals surface area (Å²) < 4.78 is 1.52. The summed E-state index contributed by atoms with van der Waals surface area (Å²) in [4.78, 5) is 15.2. The van der Waals surface area contributed by atoms with E-state index in [9.17, 15) is 4.79 Å². The Morgan fingerprint density at radius 3 is 2.82 bits per heavy atom. The molecule has 1 amide bonds. The van der Waals surface area contributed by atoms with Crippen LogP contribution in [0, 0.1) is 0 Å². The number of carbonyl (C=O) groups is 1. The first kappa shape index (κ1) is 11.3. The third-order valence-corrected chi connectivity index (χ3v) is 2.29. The number of nitrogens with one attached hydrogen (secondary N) is 1. The molecule has 0 aliphatic heterocycles. The van der Waals surface area contributed by atoms with Crippen molar-refractivity contribution in [3.8, 4) is 5.82 Å². The fraction of sp³-hybridized carbons (Fsp3) is 0.182. The Bertz CT molecular complexity index is 517. The Hall–Kier alpha value is -2.21. The molecule has 2 heterocycles. The summed E-state index contributed by atoms with van der Waals surface area (Å²) in [6, 6.07) is 3.79. The summed E-state index contributed by atoms with van der Waals surface area (Å²) in [5.41, 5.74) is 6.60. The van der Waals surface area contributed by atoms with E-state index in [1.807, 2.05) is 19.2 Å². The molecule has 0 fully saturated rings. The molecule has 6 heteroatoms. The van der Waals surface area contributed by atoms with Crippen molar-refractivity contribution < 1.29 is 4.79 Å². The number of primary amides is 1. The van der Waals surface area contributed by atoms with Gasteiger partial charge in [-0.1, -0.05) is 6.07 Å². The smallest absolute Gasteiger partial charge is 0.251 e. The zero-order valence-electron chi connectivity index (χ0n) is 9.42. The highest BCUT2D eigenvalue weighted by atomic mass is 16.1. The Kier molecular flexibility index (Phi) is 3.15. The molecular formula is C11H13N5O. The van der Waals surface area contributed by atoms with Gasteiger partial charge in [0.2, 0.25) is 0 Å². The van der Waals surface area contributed by atoms with Gasteiger partial charge in [-0.2, -0.15) is 5.10 Å². The van der Waals surface area contributed by atoms with E-state index in [0.29, 0.717) is 11.4 Å². The fourth-order valence-corrected chi connectivity index (χ4v) is 1.44. The Balaban J connectivity index is 2.23. The molecule has 0 saturated carbocycles. The van der Waals surface area contributed by atoms with E-state index in [4.69, 9.17) is 5.73 Å². The van der Waals surface area contributed by atoms with Gasteiger partial charge in [0.1, 0.15) is 0 Å². The first-order chi connectivity index (χ1) is 8.20.